The summed E-state index contributed by atoms with van der Waals surface area (Å²) in [6.07, 6.45) is -4.33. The Morgan fingerprint density at radius 2 is 1.80 bits per heavy atom. The van der Waals surface area contributed by atoms with Gasteiger partial charge in [0, 0.05) is 9.13 Å². The minimum Gasteiger partial charge on any atom is -0.236 e. The van der Waals surface area contributed by atoms with Gasteiger partial charge in [-0.15, -0.1) is 11.3 Å². The largest absolute Gasteiger partial charge is 0.416 e. The fourth-order valence-electron chi connectivity index (χ4n) is 1.85. The van der Waals surface area contributed by atoms with E-state index in [9.17, 15) is 13.2 Å². The average molecular weight is 405 g/mol. The van der Waals surface area contributed by atoms with Crippen LogP contribution >= 0.6 is 33.9 Å². The van der Waals surface area contributed by atoms with Gasteiger partial charge in [-0.3, -0.25) is 0 Å². The SMILES string of the molecule is FC(F)(F)c1ccc2sc(-c3ccccc3I)nc2c1. The van der Waals surface area contributed by atoms with Gasteiger partial charge in [-0.2, -0.15) is 13.2 Å². The van der Waals surface area contributed by atoms with Crippen LogP contribution in [0.3, 0.4) is 0 Å². The second kappa shape index (κ2) is 5.00. The lowest BCUT2D eigenvalue weighted by atomic mass is 10.2. The van der Waals surface area contributed by atoms with Crippen LogP contribution in [0.15, 0.2) is 42.5 Å². The number of thiazole rings is 1. The molecule has 102 valence electrons. The van der Waals surface area contributed by atoms with Crippen molar-refractivity contribution in [2.75, 3.05) is 0 Å². The van der Waals surface area contributed by atoms with Crippen molar-refractivity contribution in [3.63, 3.8) is 0 Å². The van der Waals surface area contributed by atoms with Crippen molar-refractivity contribution < 1.29 is 13.2 Å². The van der Waals surface area contributed by atoms with Crippen LogP contribution in [-0.2, 0) is 6.18 Å². The molecule has 2 aromatic carbocycles. The molecular formula is C14H7F3INS. The molecule has 0 N–H and O–H groups in total. The topological polar surface area (TPSA) is 12.9 Å². The zero-order chi connectivity index (χ0) is 14.3. The molecule has 0 saturated heterocycles. The summed E-state index contributed by atoms with van der Waals surface area (Å²) in [4.78, 5) is 4.33. The summed E-state index contributed by atoms with van der Waals surface area (Å²) in [5.41, 5.74) is 0.673. The van der Waals surface area contributed by atoms with Gasteiger partial charge in [0.1, 0.15) is 5.01 Å². The van der Waals surface area contributed by atoms with Crippen LogP contribution < -0.4 is 0 Å². The fourth-order valence-corrected chi connectivity index (χ4v) is 3.66. The molecule has 3 rings (SSSR count). The highest BCUT2D eigenvalue weighted by molar-refractivity contribution is 14.1. The van der Waals surface area contributed by atoms with E-state index in [0.717, 1.165) is 31.0 Å². The molecule has 0 aliphatic carbocycles. The van der Waals surface area contributed by atoms with Crippen LogP contribution in [0.2, 0.25) is 0 Å². The summed E-state index contributed by atoms with van der Waals surface area (Å²) < 4.78 is 39.8. The average Bonchev–Trinajstić information content (AvgIpc) is 2.80. The van der Waals surface area contributed by atoms with E-state index >= 15 is 0 Å². The van der Waals surface area contributed by atoms with Gasteiger partial charge < -0.3 is 0 Å². The highest BCUT2D eigenvalue weighted by atomic mass is 127. The van der Waals surface area contributed by atoms with Crippen molar-refractivity contribution in [2.24, 2.45) is 0 Å². The molecule has 1 aromatic heterocycles. The Morgan fingerprint density at radius 3 is 2.50 bits per heavy atom. The second-order valence-corrected chi connectivity index (χ2v) is 6.37. The first kappa shape index (κ1) is 13.8. The number of hydrogen-bond acceptors (Lipinski definition) is 2. The number of alkyl halides is 3. The lowest BCUT2D eigenvalue weighted by Crippen LogP contribution is -2.03. The highest BCUT2D eigenvalue weighted by Crippen LogP contribution is 2.36. The third-order valence-electron chi connectivity index (χ3n) is 2.82. The molecule has 6 heteroatoms. The molecule has 1 nitrogen and oxygen atoms in total. The number of rotatable bonds is 1. The van der Waals surface area contributed by atoms with Gasteiger partial charge in [0.2, 0.25) is 0 Å². The summed E-state index contributed by atoms with van der Waals surface area (Å²) >= 11 is 3.60. The van der Waals surface area contributed by atoms with Crippen LogP contribution in [0, 0.1) is 3.57 Å². The van der Waals surface area contributed by atoms with E-state index in [1.807, 2.05) is 24.3 Å². The monoisotopic (exact) mass is 405 g/mol. The van der Waals surface area contributed by atoms with Crippen molar-refractivity contribution in [1.29, 1.82) is 0 Å². The first-order valence-electron chi connectivity index (χ1n) is 5.68. The summed E-state index contributed by atoms with van der Waals surface area (Å²) in [5, 5.41) is 0.740. The predicted octanol–water partition coefficient (Wildman–Crippen LogP) is 5.59. The van der Waals surface area contributed by atoms with E-state index in [2.05, 4.69) is 27.6 Å². The van der Waals surface area contributed by atoms with Gasteiger partial charge in [-0.05, 0) is 46.9 Å². The number of nitrogens with zero attached hydrogens (tertiary/aromatic N) is 1. The molecule has 0 aliphatic rings. The molecular weight excluding hydrogens is 398 g/mol. The number of benzene rings is 2. The lowest BCUT2D eigenvalue weighted by Gasteiger charge is -2.04. The van der Waals surface area contributed by atoms with E-state index in [-0.39, 0.29) is 0 Å². The first-order valence-corrected chi connectivity index (χ1v) is 7.57. The van der Waals surface area contributed by atoms with Crippen LogP contribution in [-0.4, -0.2) is 4.98 Å². The molecule has 3 aromatic rings. The van der Waals surface area contributed by atoms with Crippen LogP contribution in [0.4, 0.5) is 13.2 Å². The maximum Gasteiger partial charge on any atom is 0.416 e. The summed E-state index contributed by atoms with van der Waals surface area (Å²) in [6, 6.07) is 11.4. The zero-order valence-electron chi connectivity index (χ0n) is 9.91. The third-order valence-corrected chi connectivity index (χ3v) is 4.83. The Hall–Kier alpha value is -1.15. The predicted molar refractivity (Wildman–Crippen MR) is 82.8 cm³/mol. The number of aromatic nitrogens is 1. The van der Waals surface area contributed by atoms with Crippen molar-refractivity contribution in [1.82, 2.24) is 4.98 Å². The molecule has 0 radical (unpaired) electrons. The zero-order valence-corrected chi connectivity index (χ0v) is 12.9. The fraction of sp³-hybridized carbons (Fsp3) is 0.0714. The quantitative estimate of drug-likeness (QED) is 0.482. The van der Waals surface area contributed by atoms with E-state index in [1.165, 1.54) is 17.4 Å². The van der Waals surface area contributed by atoms with Crippen LogP contribution in [0.5, 0.6) is 0 Å². The van der Waals surface area contributed by atoms with Gasteiger partial charge in [-0.25, -0.2) is 4.98 Å². The van der Waals surface area contributed by atoms with Gasteiger partial charge in [0.25, 0.3) is 0 Å². The Balaban J connectivity index is 2.14. The highest BCUT2D eigenvalue weighted by Gasteiger charge is 2.30. The molecule has 0 amide bonds. The summed E-state index contributed by atoms with van der Waals surface area (Å²) in [6.45, 7) is 0. The lowest BCUT2D eigenvalue weighted by molar-refractivity contribution is -0.137. The van der Waals surface area contributed by atoms with Gasteiger partial charge >= 0.3 is 6.18 Å². The normalized spacial score (nSPS) is 12.0. The molecule has 0 aliphatic heterocycles. The standard InChI is InChI=1S/C14H7F3INS/c15-14(16,17)8-5-6-12-11(7-8)19-13(20-12)9-3-1-2-4-10(9)18/h1-7H. The molecule has 0 saturated carbocycles. The number of hydrogen-bond donors (Lipinski definition) is 0. The smallest absolute Gasteiger partial charge is 0.236 e. The molecule has 0 spiro atoms. The Morgan fingerprint density at radius 1 is 1.05 bits per heavy atom. The Kier molecular flexibility index (Phi) is 3.45. The van der Waals surface area contributed by atoms with Gasteiger partial charge in [-0.1, -0.05) is 18.2 Å². The van der Waals surface area contributed by atoms with Crippen LogP contribution in [0.1, 0.15) is 5.56 Å². The van der Waals surface area contributed by atoms with E-state index in [1.54, 1.807) is 0 Å². The van der Waals surface area contributed by atoms with Crippen molar-refractivity contribution >= 4 is 44.1 Å². The minimum atomic E-state index is -4.33. The molecule has 0 atom stereocenters. The van der Waals surface area contributed by atoms with E-state index in [0.29, 0.717) is 5.52 Å². The molecule has 0 bridgehead atoms. The maximum atomic E-state index is 12.7. The Labute approximate surface area is 130 Å². The maximum absolute atomic E-state index is 12.7. The van der Waals surface area contributed by atoms with Crippen LogP contribution in [0.25, 0.3) is 20.8 Å². The minimum absolute atomic E-state index is 0.388. The summed E-state index contributed by atoms with van der Waals surface area (Å²) in [5.74, 6) is 0. The van der Waals surface area contributed by atoms with Gasteiger partial charge in [0.05, 0.1) is 15.8 Å². The van der Waals surface area contributed by atoms with E-state index < -0.39 is 11.7 Å². The van der Waals surface area contributed by atoms with Crippen molar-refractivity contribution in [3.8, 4) is 10.6 Å². The molecule has 20 heavy (non-hydrogen) atoms. The van der Waals surface area contributed by atoms with Crippen molar-refractivity contribution in [2.45, 2.75) is 6.18 Å². The summed E-state index contributed by atoms with van der Waals surface area (Å²) in [7, 11) is 0. The first-order chi connectivity index (χ1) is 9.45. The molecule has 1 heterocycles. The Bertz CT molecular complexity index is 779. The third kappa shape index (κ3) is 2.54. The van der Waals surface area contributed by atoms with E-state index in [4.69, 9.17) is 0 Å². The van der Waals surface area contributed by atoms with Gasteiger partial charge in [0.15, 0.2) is 0 Å². The molecule has 0 unspecified atom stereocenters. The molecule has 0 fully saturated rings. The van der Waals surface area contributed by atoms with Crippen molar-refractivity contribution in [3.05, 3.63) is 51.6 Å². The second-order valence-electron chi connectivity index (χ2n) is 4.18. The number of halogens is 4. The number of fused-ring (bicyclic) bond motifs is 1.